The molecule has 0 bridgehead atoms. The number of pyridine rings is 2. The number of rotatable bonds is 1. The van der Waals surface area contributed by atoms with Crippen molar-refractivity contribution in [3.8, 4) is 11.4 Å². The summed E-state index contributed by atoms with van der Waals surface area (Å²) in [5.41, 5.74) is 1.93. The Balaban J connectivity index is 2.19. The van der Waals surface area contributed by atoms with Crippen LogP contribution in [0.2, 0.25) is 0 Å². The molecule has 4 nitrogen and oxygen atoms in total. The summed E-state index contributed by atoms with van der Waals surface area (Å²) in [5.74, 6) is 0.259. The molecule has 0 amide bonds. The molecule has 0 unspecified atom stereocenters. The SMILES string of the molecule is Fc1cnc2nc(-c3cccnc3)[nH]c2c1. The van der Waals surface area contributed by atoms with Crippen LogP contribution in [-0.4, -0.2) is 19.9 Å². The molecule has 3 heterocycles. The molecule has 0 saturated carbocycles. The van der Waals surface area contributed by atoms with Gasteiger partial charge >= 0.3 is 0 Å². The molecule has 0 radical (unpaired) electrons. The highest BCUT2D eigenvalue weighted by atomic mass is 19.1. The van der Waals surface area contributed by atoms with Crippen molar-refractivity contribution in [1.29, 1.82) is 0 Å². The molecule has 1 N–H and O–H groups in total. The molecular weight excluding hydrogens is 207 g/mol. The Hall–Kier alpha value is -2.30. The average Bonchev–Trinajstić information content (AvgIpc) is 2.73. The van der Waals surface area contributed by atoms with Gasteiger partial charge in [0.05, 0.1) is 11.7 Å². The van der Waals surface area contributed by atoms with Gasteiger partial charge < -0.3 is 4.98 Å². The third-order valence-corrected chi connectivity index (χ3v) is 2.24. The first-order valence-electron chi connectivity index (χ1n) is 4.74. The van der Waals surface area contributed by atoms with Crippen molar-refractivity contribution < 1.29 is 4.39 Å². The van der Waals surface area contributed by atoms with Crippen molar-refractivity contribution in [3.63, 3.8) is 0 Å². The number of aromatic nitrogens is 4. The van der Waals surface area contributed by atoms with E-state index in [0.29, 0.717) is 17.0 Å². The van der Waals surface area contributed by atoms with Gasteiger partial charge in [-0.05, 0) is 12.1 Å². The molecule has 0 saturated heterocycles. The van der Waals surface area contributed by atoms with E-state index < -0.39 is 0 Å². The molecule has 3 rings (SSSR count). The van der Waals surface area contributed by atoms with E-state index in [1.165, 1.54) is 6.07 Å². The van der Waals surface area contributed by atoms with Crippen molar-refractivity contribution in [3.05, 3.63) is 42.6 Å². The van der Waals surface area contributed by atoms with Gasteiger partial charge in [-0.2, -0.15) is 0 Å². The summed E-state index contributed by atoms with van der Waals surface area (Å²) >= 11 is 0. The van der Waals surface area contributed by atoms with Crippen molar-refractivity contribution >= 4 is 11.2 Å². The minimum atomic E-state index is -0.381. The van der Waals surface area contributed by atoms with Gasteiger partial charge in [-0.3, -0.25) is 4.98 Å². The zero-order valence-corrected chi connectivity index (χ0v) is 8.18. The molecule has 5 heteroatoms. The standard InChI is InChI=1S/C11H7FN4/c12-8-4-9-11(14-6-8)16-10(15-9)7-2-1-3-13-5-7/h1-6H,(H,14,15,16). The van der Waals surface area contributed by atoms with E-state index in [1.807, 2.05) is 12.1 Å². The molecule has 3 aromatic heterocycles. The van der Waals surface area contributed by atoms with Crippen molar-refractivity contribution in [2.24, 2.45) is 0 Å². The topological polar surface area (TPSA) is 54.5 Å². The summed E-state index contributed by atoms with van der Waals surface area (Å²) < 4.78 is 12.9. The monoisotopic (exact) mass is 214 g/mol. The minimum Gasteiger partial charge on any atom is -0.336 e. The van der Waals surface area contributed by atoms with Crippen LogP contribution in [0.4, 0.5) is 4.39 Å². The fraction of sp³-hybridized carbons (Fsp3) is 0. The molecule has 0 aliphatic rings. The Morgan fingerprint density at radius 2 is 2.19 bits per heavy atom. The Morgan fingerprint density at radius 3 is 3.00 bits per heavy atom. The van der Waals surface area contributed by atoms with Crippen LogP contribution in [0.3, 0.4) is 0 Å². The van der Waals surface area contributed by atoms with Gasteiger partial charge in [0.15, 0.2) is 5.65 Å². The summed E-state index contributed by atoms with van der Waals surface area (Å²) in [6, 6.07) is 5.06. The molecule has 0 spiro atoms. The van der Waals surface area contributed by atoms with Crippen molar-refractivity contribution in [1.82, 2.24) is 19.9 Å². The van der Waals surface area contributed by atoms with Gasteiger partial charge in [-0.25, -0.2) is 14.4 Å². The number of aromatic amines is 1. The third-order valence-electron chi connectivity index (χ3n) is 2.24. The summed E-state index contributed by atoms with van der Waals surface area (Å²) in [7, 11) is 0. The highest BCUT2D eigenvalue weighted by Gasteiger charge is 2.06. The maximum absolute atomic E-state index is 12.9. The lowest BCUT2D eigenvalue weighted by molar-refractivity contribution is 0.624. The maximum atomic E-state index is 12.9. The van der Waals surface area contributed by atoms with Gasteiger partial charge in [0.1, 0.15) is 11.6 Å². The number of nitrogens with zero attached hydrogens (tertiary/aromatic N) is 3. The van der Waals surface area contributed by atoms with E-state index in [0.717, 1.165) is 11.8 Å². The van der Waals surface area contributed by atoms with E-state index in [2.05, 4.69) is 19.9 Å². The first-order valence-corrected chi connectivity index (χ1v) is 4.74. The number of fused-ring (bicyclic) bond motifs is 1. The van der Waals surface area contributed by atoms with Crippen LogP contribution in [0.1, 0.15) is 0 Å². The lowest BCUT2D eigenvalue weighted by Crippen LogP contribution is -1.80. The second kappa shape index (κ2) is 3.37. The molecule has 0 aromatic carbocycles. The number of hydrogen-bond donors (Lipinski definition) is 1. The van der Waals surface area contributed by atoms with Crippen LogP contribution in [-0.2, 0) is 0 Å². The lowest BCUT2D eigenvalue weighted by Gasteiger charge is -1.92. The van der Waals surface area contributed by atoms with Gasteiger partial charge in [-0.1, -0.05) is 0 Å². The summed E-state index contributed by atoms with van der Waals surface area (Å²) in [6.07, 6.45) is 4.52. The van der Waals surface area contributed by atoms with Gasteiger partial charge in [-0.15, -0.1) is 0 Å². The molecule has 3 aromatic rings. The summed E-state index contributed by atoms with van der Waals surface area (Å²) in [5, 5.41) is 0. The van der Waals surface area contributed by atoms with Gasteiger partial charge in [0.2, 0.25) is 0 Å². The molecule has 0 fully saturated rings. The van der Waals surface area contributed by atoms with E-state index in [1.54, 1.807) is 12.4 Å². The van der Waals surface area contributed by atoms with Crippen LogP contribution >= 0.6 is 0 Å². The number of H-pyrrole nitrogens is 1. The number of imidazole rings is 1. The molecule has 0 aliphatic carbocycles. The first kappa shape index (κ1) is 8.96. The molecule has 0 aliphatic heterocycles. The first-order chi connectivity index (χ1) is 7.83. The zero-order valence-electron chi connectivity index (χ0n) is 8.18. The molecule has 0 atom stereocenters. The zero-order chi connectivity index (χ0) is 11.0. The second-order valence-electron chi connectivity index (χ2n) is 3.35. The smallest absolute Gasteiger partial charge is 0.178 e. The Kier molecular flexibility index (Phi) is 1.89. The van der Waals surface area contributed by atoms with E-state index in [4.69, 9.17) is 0 Å². The minimum absolute atomic E-state index is 0.381. The summed E-state index contributed by atoms with van der Waals surface area (Å²) in [6.45, 7) is 0. The normalized spacial score (nSPS) is 10.8. The van der Waals surface area contributed by atoms with E-state index >= 15 is 0 Å². The Labute approximate surface area is 90.2 Å². The van der Waals surface area contributed by atoms with Crippen LogP contribution in [0.25, 0.3) is 22.6 Å². The molecule has 16 heavy (non-hydrogen) atoms. The molecule has 78 valence electrons. The van der Waals surface area contributed by atoms with Crippen LogP contribution in [0, 0.1) is 5.82 Å². The predicted octanol–water partition coefficient (Wildman–Crippen LogP) is 2.16. The van der Waals surface area contributed by atoms with E-state index in [9.17, 15) is 4.39 Å². The highest BCUT2D eigenvalue weighted by Crippen LogP contribution is 2.18. The largest absolute Gasteiger partial charge is 0.336 e. The van der Waals surface area contributed by atoms with Crippen molar-refractivity contribution in [2.75, 3.05) is 0 Å². The average molecular weight is 214 g/mol. The number of nitrogens with one attached hydrogen (secondary N) is 1. The Bertz CT molecular complexity index is 633. The van der Waals surface area contributed by atoms with Gasteiger partial charge in [0.25, 0.3) is 0 Å². The number of hydrogen-bond acceptors (Lipinski definition) is 3. The third kappa shape index (κ3) is 1.42. The van der Waals surface area contributed by atoms with Crippen molar-refractivity contribution in [2.45, 2.75) is 0 Å². The van der Waals surface area contributed by atoms with Crippen LogP contribution < -0.4 is 0 Å². The maximum Gasteiger partial charge on any atom is 0.178 e. The van der Waals surface area contributed by atoms with Crippen LogP contribution in [0.5, 0.6) is 0 Å². The van der Waals surface area contributed by atoms with E-state index in [-0.39, 0.29) is 5.82 Å². The fourth-order valence-electron chi connectivity index (χ4n) is 1.51. The predicted molar refractivity (Wildman–Crippen MR) is 57.1 cm³/mol. The fourth-order valence-corrected chi connectivity index (χ4v) is 1.51. The Morgan fingerprint density at radius 1 is 1.25 bits per heavy atom. The second-order valence-corrected chi connectivity index (χ2v) is 3.35. The molecular formula is C11H7FN4. The van der Waals surface area contributed by atoms with Gasteiger partial charge in [0, 0.05) is 24.0 Å². The highest BCUT2D eigenvalue weighted by molar-refractivity contribution is 5.75. The van der Waals surface area contributed by atoms with Crippen LogP contribution in [0.15, 0.2) is 36.8 Å². The summed E-state index contributed by atoms with van der Waals surface area (Å²) in [4.78, 5) is 15.1. The number of halogens is 1. The lowest BCUT2D eigenvalue weighted by atomic mass is 10.3. The quantitative estimate of drug-likeness (QED) is 0.675.